The lowest BCUT2D eigenvalue weighted by molar-refractivity contribution is 0.627. The van der Waals surface area contributed by atoms with Crippen LogP contribution in [0.5, 0.6) is 0 Å². The van der Waals surface area contributed by atoms with E-state index in [1.807, 2.05) is 12.1 Å². The zero-order valence-corrected chi connectivity index (χ0v) is 14.0. The summed E-state index contributed by atoms with van der Waals surface area (Å²) in [7, 11) is 0. The van der Waals surface area contributed by atoms with Gasteiger partial charge in [-0.2, -0.15) is 4.98 Å². The van der Waals surface area contributed by atoms with E-state index < -0.39 is 0 Å². The molecule has 2 aromatic carbocycles. The van der Waals surface area contributed by atoms with E-state index in [1.54, 1.807) is 18.3 Å². The molecule has 3 aromatic rings. The van der Waals surface area contributed by atoms with Crippen molar-refractivity contribution in [3.8, 4) is 0 Å². The minimum Gasteiger partial charge on any atom is -0.370 e. The van der Waals surface area contributed by atoms with Gasteiger partial charge in [0.05, 0.1) is 0 Å². The number of benzene rings is 2. The lowest BCUT2D eigenvalue weighted by Gasteiger charge is -2.08. The van der Waals surface area contributed by atoms with Gasteiger partial charge < -0.3 is 10.6 Å². The fourth-order valence-corrected chi connectivity index (χ4v) is 2.48. The van der Waals surface area contributed by atoms with Crippen molar-refractivity contribution in [2.24, 2.45) is 0 Å². The van der Waals surface area contributed by atoms with Gasteiger partial charge in [0, 0.05) is 19.3 Å². The summed E-state index contributed by atoms with van der Waals surface area (Å²) in [6.45, 7) is 1.40. The highest BCUT2D eigenvalue weighted by molar-refractivity contribution is 5.40. The average Bonchev–Trinajstić information content (AvgIpc) is 2.66. The van der Waals surface area contributed by atoms with Crippen LogP contribution >= 0.6 is 0 Å². The van der Waals surface area contributed by atoms with E-state index in [9.17, 15) is 4.39 Å². The molecule has 0 saturated heterocycles. The molecular formula is C20H21FN4. The van der Waals surface area contributed by atoms with Gasteiger partial charge >= 0.3 is 0 Å². The molecule has 0 fully saturated rings. The Morgan fingerprint density at radius 2 is 1.64 bits per heavy atom. The Labute approximate surface area is 147 Å². The molecule has 0 radical (unpaired) electrons. The summed E-state index contributed by atoms with van der Waals surface area (Å²) in [6.07, 6.45) is 3.79. The van der Waals surface area contributed by atoms with Crippen LogP contribution < -0.4 is 10.6 Å². The molecule has 0 bridgehead atoms. The Balaban J connectivity index is 1.45. The molecule has 0 aliphatic carbocycles. The third kappa shape index (κ3) is 5.57. The molecule has 0 atom stereocenters. The highest BCUT2D eigenvalue weighted by Crippen LogP contribution is 2.09. The fraction of sp³-hybridized carbons (Fsp3) is 0.200. The SMILES string of the molecule is Fc1ccc(CNc2nccc(NCCCc3ccccc3)n2)cc1. The molecule has 0 aliphatic rings. The molecule has 0 amide bonds. The van der Waals surface area contributed by atoms with Crippen molar-refractivity contribution < 1.29 is 4.39 Å². The van der Waals surface area contributed by atoms with Crippen molar-refractivity contribution in [3.05, 3.63) is 83.8 Å². The largest absolute Gasteiger partial charge is 0.370 e. The van der Waals surface area contributed by atoms with Crippen LogP contribution in [0.2, 0.25) is 0 Å². The Hall–Kier alpha value is -2.95. The average molecular weight is 336 g/mol. The molecular weight excluding hydrogens is 315 g/mol. The van der Waals surface area contributed by atoms with Crippen molar-refractivity contribution in [3.63, 3.8) is 0 Å². The number of rotatable bonds is 8. The second-order valence-electron chi connectivity index (χ2n) is 5.76. The van der Waals surface area contributed by atoms with Crippen LogP contribution in [0, 0.1) is 5.82 Å². The third-order valence-electron chi connectivity index (χ3n) is 3.81. The monoisotopic (exact) mass is 336 g/mol. The molecule has 1 aromatic heterocycles. The second kappa shape index (κ2) is 8.78. The number of halogens is 1. The van der Waals surface area contributed by atoms with Gasteiger partial charge in [0.25, 0.3) is 0 Å². The number of nitrogens with zero attached hydrogens (tertiary/aromatic N) is 2. The topological polar surface area (TPSA) is 49.8 Å². The summed E-state index contributed by atoms with van der Waals surface area (Å²) >= 11 is 0. The van der Waals surface area contributed by atoms with Gasteiger partial charge in [-0.05, 0) is 42.2 Å². The van der Waals surface area contributed by atoms with Crippen LogP contribution in [0.15, 0.2) is 66.9 Å². The first-order chi connectivity index (χ1) is 12.3. The lowest BCUT2D eigenvalue weighted by atomic mass is 10.1. The van der Waals surface area contributed by atoms with Crippen molar-refractivity contribution in [2.45, 2.75) is 19.4 Å². The van der Waals surface area contributed by atoms with Crippen molar-refractivity contribution in [1.82, 2.24) is 9.97 Å². The first-order valence-corrected chi connectivity index (χ1v) is 8.39. The van der Waals surface area contributed by atoms with Crippen molar-refractivity contribution in [2.75, 3.05) is 17.2 Å². The number of hydrogen-bond acceptors (Lipinski definition) is 4. The molecule has 3 rings (SSSR count). The molecule has 25 heavy (non-hydrogen) atoms. The molecule has 0 aliphatic heterocycles. The molecule has 4 nitrogen and oxygen atoms in total. The van der Waals surface area contributed by atoms with Crippen LogP contribution in [0.25, 0.3) is 0 Å². The number of hydrogen-bond donors (Lipinski definition) is 2. The predicted octanol–water partition coefficient (Wildman–Crippen LogP) is 4.27. The zero-order valence-electron chi connectivity index (χ0n) is 14.0. The Morgan fingerprint density at radius 1 is 0.840 bits per heavy atom. The van der Waals surface area contributed by atoms with Gasteiger partial charge in [0.1, 0.15) is 11.6 Å². The maximum absolute atomic E-state index is 12.9. The number of aromatic nitrogens is 2. The molecule has 128 valence electrons. The van der Waals surface area contributed by atoms with E-state index in [-0.39, 0.29) is 5.82 Å². The molecule has 2 N–H and O–H groups in total. The van der Waals surface area contributed by atoms with E-state index in [1.165, 1.54) is 17.7 Å². The van der Waals surface area contributed by atoms with Crippen molar-refractivity contribution in [1.29, 1.82) is 0 Å². The minimum absolute atomic E-state index is 0.235. The summed E-state index contributed by atoms with van der Waals surface area (Å²) < 4.78 is 12.9. The maximum atomic E-state index is 12.9. The first kappa shape index (κ1) is 16.9. The molecule has 0 spiro atoms. The van der Waals surface area contributed by atoms with E-state index in [0.717, 1.165) is 30.8 Å². The number of anilines is 2. The number of aryl methyl sites for hydroxylation is 1. The summed E-state index contributed by atoms with van der Waals surface area (Å²) in [6, 6.07) is 18.7. The Morgan fingerprint density at radius 3 is 2.44 bits per heavy atom. The van der Waals surface area contributed by atoms with Gasteiger partial charge in [-0.1, -0.05) is 42.5 Å². The summed E-state index contributed by atoms with van der Waals surface area (Å²) in [5.74, 6) is 1.11. The van der Waals surface area contributed by atoms with E-state index in [0.29, 0.717) is 12.5 Å². The summed E-state index contributed by atoms with van der Waals surface area (Å²) in [5.41, 5.74) is 2.32. The fourth-order valence-electron chi connectivity index (χ4n) is 2.48. The molecule has 0 unspecified atom stereocenters. The second-order valence-corrected chi connectivity index (χ2v) is 5.76. The predicted molar refractivity (Wildman–Crippen MR) is 99.0 cm³/mol. The van der Waals surface area contributed by atoms with Gasteiger partial charge in [-0.25, -0.2) is 9.37 Å². The van der Waals surface area contributed by atoms with Gasteiger partial charge in [0.15, 0.2) is 0 Å². The minimum atomic E-state index is -0.235. The third-order valence-corrected chi connectivity index (χ3v) is 3.81. The first-order valence-electron chi connectivity index (χ1n) is 8.39. The normalized spacial score (nSPS) is 10.4. The summed E-state index contributed by atoms with van der Waals surface area (Å²) in [5, 5.41) is 6.47. The van der Waals surface area contributed by atoms with E-state index in [2.05, 4.69) is 44.9 Å². The standard InChI is InChI=1S/C20H21FN4/c21-18-10-8-17(9-11-18)15-24-20-23-14-12-19(25-20)22-13-4-7-16-5-2-1-3-6-16/h1-3,5-6,8-12,14H,4,7,13,15H2,(H2,22,23,24,25). The van der Waals surface area contributed by atoms with Crippen LogP contribution in [0.1, 0.15) is 17.5 Å². The van der Waals surface area contributed by atoms with E-state index >= 15 is 0 Å². The Bertz CT molecular complexity index is 775. The smallest absolute Gasteiger partial charge is 0.224 e. The van der Waals surface area contributed by atoms with Gasteiger partial charge in [-0.15, -0.1) is 0 Å². The van der Waals surface area contributed by atoms with Gasteiger partial charge in [0.2, 0.25) is 5.95 Å². The highest BCUT2D eigenvalue weighted by atomic mass is 19.1. The summed E-state index contributed by atoms with van der Waals surface area (Å²) in [4.78, 5) is 8.65. The van der Waals surface area contributed by atoms with Crippen molar-refractivity contribution >= 4 is 11.8 Å². The quantitative estimate of drug-likeness (QED) is 0.603. The zero-order chi connectivity index (χ0) is 17.3. The van der Waals surface area contributed by atoms with E-state index in [4.69, 9.17) is 0 Å². The highest BCUT2D eigenvalue weighted by Gasteiger charge is 2.00. The molecule has 0 saturated carbocycles. The van der Waals surface area contributed by atoms with Gasteiger partial charge in [-0.3, -0.25) is 0 Å². The lowest BCUT2D eigenvalue weighted by Crippen LogP contribution is -2.08. The number of nitrogens with one attached hydrogen (secondary N) is 2. The molecule has 5 heteroatoms. The van der Waals surface area contributed by atoms with Crippen LogP contribution in [-0.4, -0.2) is 16.5 Å². The van der Waals surface area contributed by atoms with Crippen LogP contribution in [0.4, 0.5) is 16.2 Å². The Kier molecular flexibility index (Phi) is 5.93. The molecule has 1 heterocycles. The van der Waals surface area contributed by atoms with Crippen LogP contribution in [0.3, 0.4) is 0 Å². The maximum Gasteiger partial charge on any atom is 0.224 e. The van der Waals surface area contributed by atoms with Crippen LogP contribution in [-0.2, 0) is 13.0 Å².